The quantitative estimate of drug-likeness (QED) is 0.485. The number of hydrogen-bond donors (Lipinski definition) is 2. The van der Waals surface area contributed by atoms with E-state index in [1.165, 1.54) is 37.4 Å². The van der Waals surface area contributed by atoms with Gasteiger partial charge < -0.3 is 20.1 Å². The average molecular weight is 499 g/mol. The Bertz CT molecular complexity index is 1070. The summed E-state index contributed by atoms with van der Waals surface area (Å²) in [6.07, 6.45) is 5.60. The molecule has 0 aromatic heterocycles. The first kappa shape index (κ1) is 25.4. The van der Waals surface area contributed by atoms with Crippen LogP contribution in [-0.2, 0) is 16.0 Å². The molecule has 2 atom stereocenters. The van der Waals surface area contributed by atoms with Crippen molar-refractivity contribution in [2.24, 2.45) is 5.92 Å². The molecule has 2 aliphatic rings. The molecule has 6 nitrogen and oxygen atoms in total. The van der Waals surface area contributed by atoms with Crippen LogP contribution >= 0.6 is 11.6 Å². The van der Waals surface area contributed by atoms with E-state index in [9.17, 15) is 14.7 Å². The number of carbonyl (C=O) groups is 2. The van der Waals surface area contributed by atoms with Crippen molar-refractivity contribution in [3.63, 3.8) is 0 Å². The topological polar surface area (TPSA) is 78.9 Å². The Kier molecular flexibility index (Phi) is 8.22. The maximum atomic E-state index is 12.0. The highest BCUT2D eigenvalue weighted by atomic mass is 35.5. The zero-order valence-electron chi connectivity index (χ0n) is 20.6. The molecule has 188 valence electrons. The van der Waals surface area contributed by atoms with Gasteiger partial charge in [0.15, 0.2) is 0 Å². The predicted molar refractivity (Wildman–Crippen MR) is 139 cm³/mol. The highest BCUT2D eigenvalue weighted by Crippen LogP contribution is 2.40. The lowest BCUT2D eigenvalue weighted by molar-refractivity contribution is -0.140. The molecule has 2 aromatic carbocycles. The zero-order valence-corrected chi connectivity index (χ0v) is 21.3. The molecule has 1 heterocycles. The number of aryl methyl sites for hydroxylation is 1. The summed E-state index contributed by atoms with van der Waals surface area (Å²) in [6, 6.07) is 11.7. The summed E-state index contributed by atoms with van der Waals surface area (Å²) in [5.74, 6) is -0.626. The summed E-state index contributed by atoms with van der Waals surface area (Å²) >= 11 is 6.32. The molecule has 0 spiro atoms. The van der Waals surface area contributed by atoms with E-state index in [0.29, 0.717) is 18.1 Å². The zero-order chi connectivity index (χ0) is 24.9. The molecule has 0 bridgehead atoms. The van der Waals surface area contributed by atoms with Crippen LogP contribution in [0.1, 0.15) is 67.6 Å². The Hall–Kier alpha value is -2.73. The third-order valence-corrected chi connectivity index (χ3v) is 7.58. The smallest absolute Gasteiger partial charge is 0.311 e. The number of hydrogen-bond acceptors (Lipinski definition) is 4. The highest BCUT2D eigenvalue weighted by Gasteiger charge is 2.31. The van der Waals surface area contributed by atoms with Crippen LogP contribution in [0.3, 0.4) is 0 Å². The second-order valence-corrected chi connectivity index (χ2v) is 10.2. The van der Waals surface area contributed by atoms with Crippen molar-refractivity contribution in [1.29, 1.82) is 0 Å². The number of carboxylic acids is 1. The Labute approximate surface area is 212 Å². The van der Waals surface area contributed by atoms with Crippen molar-refractivity contribution < 1.29 is 19.4 Å². The number of carboxylic acid groups (broad SMARTS) is 1. The van der Waals surface area contributed by atoms with Crippen molar-refractivity contribution in [3.8, 4) is 5.75 Å². The van der Waals surface area contributed by atoms with Gasteiger partial charge in [0, 0.05) is 37.5 Å². The van der Waals surface area contributed by atoms with Gasteiger partial charge >= 0.3 is 5.97 Å². The first-order valence-electron chi connectivity index (χ1n) is 12.6. The van der Waals surface area contributed by atoms with Crippen molar-refractivity contribution in [2.45, 2.75) is 57.3 Å². The first-order chi connectivity index (χ1) is 16.9. The summed E-state index contributed by atoms with van der Waals surface area (Å²) in [5.41, 5.74) is 4.08. The fourth-order valence-electron chi connectivity index (χ4n) is 5.17. The molecule has 1 aliphatic heterocycles. The summed E-state index contributed by atoms with van der Waals surface area (Å²) in [5, 5.41) is 13.1. The third-order valence-electron chi connectivity index (χ3n) is 7.34. The number of aliphatic carboxylic acids is 1. The Balaban J connectivity index is 1.69. The first-order valence-corrected chi connectivity index (χ1v) is 13.0. The molecule has 2 aromatic rings. The van der Waals surface area contributed by atoms with Crippen molar-refractivity contribution in [2.75, 3.05) is 31.6 Å². The number of fused-ring (bicyclic) bond motifs is 1. The normalized spacial score (nSPS) is 18.6. The van der Waals surface area contributed by atoms with E-state index < -0.39 is 11.9 Å². The number of carbonyl (C=O) groups excluding carboxylic acids is 1. The SMILES string of the molecule is CCCc1cc(Cl)ccc1C1COc2ccc(C(CC(=O)NC)C(=O)O)cc2N(CC2CCC2)C1. The van der Waals surface area contributed by atoms with Gasteiger partial charge in [0.1, 0.15) is 5.75 Å². The second kappa shape index (κ2) is 11.3. The molecule has 1 amide bonds. The van der Waals surface area contributed by atoms with Gasteiger partial charge in [-0.2, -0.15) is 0 Å². The fraction of sp³-hybridized carbons (Fsp3) is 0.500. The Morgan fingerprint density at radius 3 is 2.69 bits per heavy atom. The van der Waals surface area contributed by atoms with E-state index in [2.05, 4.69) is 29.3 Å². The predicted octanol–water partition coefficient (Wildman–Crippen LogP) is 5.38. The Morgan fingerprint density at radius 2 is 2.03 bits per heavy atom. The van der Waals surface area contributed by atoms with E-state index in [0.717, 1.165) is 42.4 Å². The summed E-state index contributed by atoms with van der Waals surface area (Å²) < 4.78 is 6.34. The Morgan fingerprint density at radius 1 is 1.23 bits per heavy atom. The summed E-state index contributed by atoms with van der Waals surface area (Å²) in [6.45, 7) is 4.43. The number of ether oxygens (including phenoxy) is 1. The van der Waals surface area contributed by atoms with Crippen molar-refractivity contribution in [1.82, 2.24) is 5.32 Å². The van der Waals surface area contributed by atoms with Gasteiger partial charge in [0.25, 0.3) is 0 Å². The van der Waals surface area contributed by atoms with Crippen LogP contribution in [0.25, 0.3) is 0 Å². The van der Waals surface area contributed by atoms with Crippen LogP contribution in [0.5, 0.6) is 5.75 Å². The highest BCUT2D eigenvalue weighted by molar-refractivity contribution is 6.30. The van der Waals surface area contributed by atoms with Gasteiger partial charge in [0.05, 0.1) is 18.2 Å². The number of nitrogens with one attached hydrogen (secondary N) is 1. The average Bonchev–Trinajstić information content (AvgIpc) is 2.99. The molecule has 4 rings (SSSR count). The van der Waals surface area contributed by atoms with Crippen molar-refractivity contribution in [3.05, 3.63) is 58.1 Å². The largest absolute Gasteiger partial charge is 0.491 e. The summed E-state index contributed by atoms with van der Waals surface area (Å²) in [4.78, 5) is 26.4. The van der Waals surface area contributed by atoms with Gasteiger partial charge in [-0.15, -0.1) is 0 Å². The van der Waals surface area contributed by atoms with Gasteiger partial charge in [-0.1, -0.05) is 43.5 Å². The van der Waals surface area contributed by atoms with Crippen molar-refractivity contribution >= 4 is 29.2 Å². The van der Waals surface area contributed by atoms with Gasteiger partial charge in [-0.25, -0.2) is 0 Å². The molecule has 35 heavy (non-hydrogen) atoms. The van der Waals surface area contributed by atoms with Crippen LogP contribution in [0.4, 0.5) is 5.69 Å². The number of benzene rings is 2. The molecule has 1 fully saturated rings. The van der Waals surface area contributed by atoms with Crippen LogP contribution in [-0.4, -0.2) is 43.7 Å². The maximum absolute atomic E-state index is 12.0. The van der Waals surface area contributed by atoms with Crippen LogP contribution in [0.15, 0.2) is 36.4 Å². The monoisotopic (exact) mass is 498 g/mol. The van der Waals surface area contributed by atoms with E-state index >= 15 is 0 Å². The van der Waals surface area contributed by atoms with E-state index in [-0.39, 0.29) is 18.2 Å². The van der Waals surface area contributed by atoms with Crippen LogP contribution < -0.4 is 15.0 Å². The minimum Gasteiger partial charge on any atom is -0.491 e. The van der Waals surface area contributed by atoms with E-state index in [4.69, 9.17) is 16.3 Å². The molecular weight excluding hydrogens is 464 g/mol. The molecule has 1 saturated carbocycles. The van der Waals surface area contributed by atoms with E-state index in [1.807, 2.05) is 18.2 Å². The van der Waals surface area contributed by atoms with E-state index in [1.54, 1.807) is 6.07 Å². The number of halogens is 1. The maximum Gasteiger partial charge on any atom is 0.311 e. The van der Waals surface area contributed by atoms with Gasteiger partial charge in [-0.05, 0) is 66.1 Å². The minimum atomic E-state index is -1.00. The fourth-order valence-corrected chi connectivity index (χ4v) is 5.36. The number of amides is 1. The lowest BCUT2D eigenvalue weighted by Gasteiger charge is -2.35. The lowest BCUT2D eigenvalue weighted by atomic mass is 9.84. The van der Waals surface area contributed by atoms with Crippen LogP contribution in [0.2, 0.25) is 5.02 Å². The third kappa shape index (κ3) is 5.92. The number of anilines is 1. The van der Waals surface area contributed by atoms with Gasteiger partial charge in [0.2, 0.25) is 5.91 Å². The molecular formula is C28H35ClN2O4. The molecule has 2 N–H and O–H groups in total. The molecule has 2 unspecified atom stereocenters. The van der Waals surface area contributed by atoms with Crippen LogP contribution in [0, 0.1) is 5.92 Å². The molecule has 0 saturated heterocycles. The number of nitrogens with zero attached hydrogens (tertiary/aromatic N) is 1. The lowest BCUT2D eigenvalue weighted by Crippen LogP contribution is -2.35. The number of rotatable bonds is 9. The minimum absolute atomic E-state index is 0.0954. The standard InChI is InChI=1S/C28H35ClN2O4/c1-3-5-19-12-22(29)9-10-23(19)21-16-31(15-18-6-4-7-18)25-13-20(8-11-26(25)35-17-21)24(28(33)34)14-27(32)30-2/h8-13,18,21,24H,3-7,14-17H2,1-2H3,(H,30,32)(H,33,34). The second-order valence-electron chi connectivity index (χ2n) is 9.80. The summed E-state index contributed by atoms with van der Waals surface area (Å²) in [7, 11) is 1.52. The van der Waals surface area contributed by atoms with Gasteiger partial charge in [-0.3, -0.25) is 9.59 Å². The molecule has 1 aliphatic carbocycles. The molecule has 7 heteroatoms. The molecule has 0 radical (unpaired) electrons.